The summed E-state index contributed by atoms with van der Waals surface area (Å²) in [6.07, 6.45) is 0. The topological polar surface area (TPSA) is 114 Å². The van der Waals surface area contributed by atoms with E-state index in [2.05, 4.69) is 10.0 Å². The van der Waals surface area contributed by atoms with Crippen molar-refractivity contribution in [3.05, 3.63) is 57.4 Å². The number of nitrogens with zero attached hydrogens (tertiary/aromatic N) is 4. The number of fused-ring (bicyclic) bond motifs is 2. The quantitative estimate of drug-likeness (QED) is 0.355. The number of amides is 2. The van der Waals surface area contributed by atoms with E-state index in [0.717, 1.165) is 4.90 Å². The van der Waals surface area contributed by atoms with Gasteiger partial charge in [0, 0.05) is 18.8 Å². The smallest absolute Gasteiger partial charge is 0.261 e. The van der Waals surface area contributed by atoms with Crippen LogP contribution in [0, 0.1) is 0 Å². The third-order valence-electron chi connectivity index (χ3n) is 4.50. The van der Waals surface area contributed by atoms with Crippen molar-refractivity contribution in [1.29, 1.82) is 0 Å². The van der Waals surface area contributed by atoms with Gasteiger partial charge < -0.3 is 14.2 Å². The first-order chi connectivity index (χ1) is 12.4. The molecule has 1 aromatic rings. The van der Waals surface area contributed by atoms with Gasteiger partial charge in [-0.2, -0.15) is 0 Å². The maximum Gasteiger partial charge on any atom is 0.261 e. The van der Waals surface area contributed by atoms with Crippen LogP contribution in [0.4, 0.5) is 0 Å². The number of hydrogen-bond donors (Lipinski definition) is 0. The van der Waals surface area contributed by atoms with Crippen molar-refractivity contribution < 1.29 is 23.8 Å². The fraction of sp³-hybridized carbons (Fsp3) is 0.412. The standard InChI is InChI=1S/C17H16N4O5/c1-16(2)25-13-12(7-19-20-18)24-9-17(13,26-16)8-21-14(22)10-5-3-4-6-11(10)15(21)23/h3-6H,7-9H2,1-2H3/t17-/m0/s1. The fourth-order valence-electron chi connectivity index (χ4n) is 3.55. The molecule has 0 aliphatic carbocycles. The molecule has 134 valence electrons. The lowest BCUT2D eigenvalue weighted by Crippen LogP contribution is -2.48. The van der Waals surface area contributed by atoms with Crippen LogP contribution in [0.25, 0.3) is 10.4 Å². The Morgan fingerprint density at radius 1 is 1.23 bits per heavy atom. The van der Waals surface area contributed by atoms with Gasteiger partial charge in [0.25, 0.3) is 11.8 Å². The van der Waals surface area contributed by atoms with E-state index in [1.807, 2.05) is 0 Å². The number of azide groups is 1. The van der Waals surface area contributed by atoms with Gasteiger partial charge >= 0.3 is 0 Å². The number of ether oxygens (including phenoxy) is 3. The van der Waals surface area contributed by atoms with Crippen molar-refractivity contribution in [2.24, 2.45) is 5.11 Å². The summed E-state index contributed by atoms with van der Waals surface area (Å²) >= 11 is 0. The van der Waals surface area contributed by atoms with Crippen LogP contribution in [0.15, 0.2) is 40.9 Å². The lowest BCUT2D eigenvalue weighted by Gasteiger charge is -2.28. The zero-order valence-electron chi connectivity index (χ0n) is 14.3. The Kier molecular flexibility index (Phi) is 3.47. The minimum Gasteiger partial charge on any atom is -0.491 e. The van der Waals surface area contributed by atoms with Crippen molar-refractivity contribution >= 4 is 11.8 Å². The van der Waals surface area contributed by atoms with E-state index in [0.29, 0.717) is 22.6 Å². The highest BCUT2D eigenvalue weighted by Gasteiger charge is 2.58. The summed E-state index contributed by atoms with van der Waals surface area (Å²) in [7, 11) is 0. The second-order valence-electron chi connectivity index (χ2n) is 6.77. The minimum absolute atomic E-state index is 0.0326. The molecule has 0 spiro atoms. The van der Waals surface area contributed by atoms with E-state index in [1.54, 1.807) is 38.1 Å². The number of imide groups is 1. The predicted octanol–water partition coefficient (Wildman–Crippen LogP) is 2.36. The Balaban J connectivity index is 1.69. The molecule has 0 aromatic heterocycles. The third-order valence-corrected chi connectivity index (χ3v) is 4.50. The molecule has 0 radical (unpaired) electrons. The van der Waals surface area contributed by atoms with E-state index in [1.165, 1.54) is 0 Å². The molecule has 9 nitrogen and oxygen atoms in total. The SMILES string of the molecule is CC1(C)OC2=C(CN=[N+]=[N-])OC[C@]2(CN2C(=O)c3ccccc3C2=O)O1. The van der Waals surface area contributed by atoms with Crippen LogP contribution in [0.2, 0.25) is 0 Å². The molecule has 3 aliphatic rings. The molecule has 26 heavy (non-hydrogen) atoms. The Hall–Kier alpha value is -3.03. The van der Waals surface area contributed by atoms with Gasteiger partial charge in [-0.05, 0) is 17.7 Å². The van der Waals surface area contributed by atoms with Gasteiger partial charge in [0.15, 0.2) is 11.4 Å². The molecule has 1 saturated heterocycles. The summed E-state index contributed by atoms with van der Waals surface area (Å²) in [5, 5.41) is 3.50. The van der Waals surface area contributed by atoms with Crippen molar-refractivity contribution in [3.63, 3.8) is 0 Å². The highest BCUT2D eigenvalue weighted by molar-refractivity contribution is 6.21. The monoisotopic (exact) mass is 356 g/mol. The molecular formula is C17H16N4O5. The van der Waals surface area contributed by atoms with Gasteiger partial charge in [-0.15, -0.1) is 0 Å². The predicted molar refractivity (Wildman–Crippen MR) is 87.8 cm³/mol. The van der Waals surface area contributed by atoms with Crippen LogP contribution in [0.1, 0.15) is 34.6 Å². The molecule has 3 heterocycles. The number of hydrogen-bond acceptors (Lipinski definition) is 6. The van der Waals surface area contributed by atoms with Crippen LogP contribution in [-0.4, -0.2) is 47.8 Å². The molecule has 4 rings (SSSR count). The van der Waals surface area contributed by atoms with Crippen molar-refractivity contribution in [3.8, 4) is 0 Å². The molecule has 0 bridgehead atoms. The van der Waals surface area contributed by atoms with Crippen molar-refractivity contribution in [2.45, 2.75) is 25.2 Å². The molecular weight excluding hydrogens is 340 g/mol. The molecule has 1 fully saturated rings. The van der Waals surface area contributed by atoms with Crippen LogP contribution >= 0.6 is 0 Å². The van der Waals surface area contributed by atoms with Crippen LogP contribution < -0.4 is 0 Å². The van der Waals surface area contributed by atoms with Gasteiger partial charge in [-0.3, -0.25) is 14.5 Å². The van der Waals surface area contributed by atoms with Crippen molar-refractivity contribution in [2.75, 3.05) is 19.7 Å². The van der Waals surface area contributed by atoms with Crippen LogP contribution in [0.3, 0.4) is 0 Å². The minimum atomic E-state index is -1.11. The zero-order chi connectivity index (χ0) is 18.5. The molecule has 1 aromatic carbocycles. The second-order valence-corrected chi connectivity index (χ2v) is 6.77. The fourth-order valence-corrected chi connectivity index (χ4v) is 3.55. The Morgan fingerprint density at radius 3 is 2.50 bits per heavy atom. The lowest BCUT2D eigenvalue weighted by atomic mass is 10.0. The summed E-state index contributed by atoms with van der Waals surface area (Å²) in [5.41, 5.74) is 8.16. The third kappa shape index (κ3) is 2.33. The Labute approximate surface area is 148 Å². The van der Waals surface area contributed by atoms with E-state index >= 15 is 0 Å². The van der Waals surface area contributed by atoms with Crippen LogP contribution in [-0.2, 0) is 14.2 Å². The van der Waals surface area contributed by atoms with Crippen molar-refractivity contribution in [1.82, 2.24) is 4.90 Å². The molecule has 0 N–H and O–H groups in total. The number of carbonyl (C=O) groups excluding carboxylic acids is 2. The molecule has 3 aliphatic heterocycles. The summed E-state index contributed by atoms with van der Waals surface area (Å²) < 4.78 is 17.5. The average molecular weight is 356 g/mol. The van der Waals surface area contributed by atoms with E-state index < -0.39 is 11.4 Å². The summed E-state index contributed by atoms with van der Waals surface area (Å²) in [4.78, 5) is 29.2. The number of benzene rings is 1. The zero-order valence-corrected chi connectivity index (χ0v) is 14.3. The van der Waals surface area contributed by atoms with E-state index in [-0.39, 0.29) is 31.5 Å². The highest BCUT2D eigenvalue weighted by atomic mass is 16.8. The Bertz CT molecular complexity index is 867. The first-order valence-electron chi connectivity index (χ1n) is 8.09. The largest absolute Gasteiger partial charge is 0.491 e. The summed E-state index contributed by atoms with van der Waals surface area (Å²) in [6, 6.07) is 6.68. The average Bonchev–Trinajstić information content (AvgIpc) is 3.15. The molecule has 2 amide bonds. The highest BCUT2D eigenvalue weighted by Crippen LogP contribution is 2.46. The Morgan fingerprint density at radius 2 is 1.88 bits per heavy atom. The number of rotatable bonds is 4. The lowest BCUT2D eigenvalue weighted by molar-refractivity contribution is -0.173. The molecule has 1 atom stereocenters. The molecule has 0 saturated carbocycles. The molecule has 9 heteroatoms. The van der Waals surface area contributed by atoms with Gasteiger partial charge in [-0.1, -0.05) is 17.2 Å². The summed E-state index contributed by atoms with van der Waals surface area (Å²) in [6.45, 7) is 3.45. The van der Waals surface area contributed by atoms with Gasteiger partial charge in [0.05, 0.1) is 24.2 Å². The van der Waals surface area contributed by atoms with E-state index in [9.17, 15) is 9.59 Å². The normalized spacial score (nSPS) is 25.5. The van der Waals surface area contributed by atoms with Crippen LogP contribution in [0.5, 0.6) is 0 Å². The first kappa shape index (κ1) is 16.4. The number of carbonyl (C=O) groups is 2. The van der Waals surface area contributed by atoms with Gasteiger partial charge in [0.2, 0.25) is 5.79 Å². The van der Waals surface area contributed by atoms with Gasteiger partial charge in [-0.25, -0.2) is 0 Å². The summed E-state index contributed by atoms with van der Waals surface area (Å²) in [5.74, 6) is -0.997. The maximum atomic E-state index is 12.7. The second kappa shape index (κ2) is 5.48. The van der Waals surface area contributed by atoms with E-state index in [4.69, 9.17) is 19.7 Å². The molecule has 0 unspecified atom stereocenters. The van der Waals surface area contributed by atoms with Gasteiger partial charge in [0.1, 0.15) is 12.4 Å². The maximum absolute atomic E-state index is 12.7. The first-order valence-corrected chi connectivity index (χ1v) is 8.09.